The van der Waals surface area contributed by atoms with Crippen molar-refractivity contribution in [3.63, 3.8) is 0 Å². The van der Waals surface area contributed by atoms with Crippen LogP contribution >= 0.6 is 11.3 Å². The number of anilines is 3. The second-order valence-electron chi connectivity index (χ2n) is 14.2. The van der Waals surface area contributed by atoms with Crippen LogP contribution in [-0.2, 0) is 9.53 Å². The van der Waals surface area contributed by atoms with Gasteiger partial charge in [-0.15, -0.1) is 11.3 Å². The minimum absolute atomic E-state index is 0.139. The van der Waals surface area contributed by atoms with Gasteiger partial charge in [0.05, 0.1) is 30.3 Å². The Morgan fingerprint density at radius 1 is 0.787 bits per heavy atom. The zero-order chi connectivity index (χ0) is 42.7. The second-order valence-corrected chi connectivity index (χ2v) is 15.1. The summed E-state index contributed by atoms with van der Waals surface area (Å²) in [6.45, 7) is 17.0. The molecule has 11 nitrogen and oxygen atoms in total. The van der Waals surface area contributed by atoms with Crippen LogP contribution in [0.4, 0.5) is 17.1 Å². The number of aromatic nitrogens is 3. The van der Waals surface area contributed by atoms with Crippen LogP contribution < -0.4 is 20.7 Å². The van der Waals surface area contributed by atoms with E-state index in [-0.39, 0.29) is 11.5 Å². The van der Waals surface area contributed by atoms with Crippen molar-refractivity contribution in [1.29, 1.82) is 0 Å². The molecule has 1 amide bonds. The van der Waals surface area contributed by atoms with E-state index in [1.165, 1.54) is 30.0 Å². The molecule has 0 spiro atoms. The second kappa shape index (κ2) is 19.6. The summed E-state index contributed by atoms with van der Waals surface area (Å²) in [5.41, 5.74) is 10.5. The first-order chi connectivity index (χ1) is 29.6. The van der Waals surface area contributed by atoms with Gasteiger partial charge in [-0.3, -0.25) is 14.2 Å². The van der Waals surface area contributed by atoms with Crippen molar-refractivity contribution in [2.45, 2.75) is 20.8 Å². The molecule has 3 aromatic carbocycles. The Bertz CT molecular complexity index is 2650. The number of hydrogen-bond acceptors (Lipinski definition) is 10. The first-order valence-electron chi connectivity index (χ1n) is 19.8. The van der Waals surface area contributed by atoms with Gasteiger partial charge < -0.3 is 29.3 Å². The van der Waals surface area contributed by atoms with Crippen LogP contribution in [-0.4, -0.2) is 51.8 Å². The number of para-hydroxylation sites is 2. The summed E-state index contributed by atoms with van der Waals surface area (Å²) in [4.78, 5) is 34.1. The van der Waals surface area contributed by atoms with Crippen molar-refractivity contribution in [3.8, 4) is 16.3 Å². The lowest BCUT2D eigenvalue weighted by Gasteiger charge is -2.33. The number of carbonyl (C=O) groups is 1. The molecule has 0 unspecified atom stereocenters. The minimum atomic E-state index is -0.152. The van der Waals surface area contributed by atoms with Gasteiger partial charge in [0.2, 0.25) is 5.91 Å². The molecule has 1 saturated heterocycles. The monoisotopic (exact) mass is 829 g/mol. The smallest absolute Gasteiger partial charge is 0.255 e. The van der Waals surface area contributed by atoms with Crippen molar-refractivity contribution in [1.82, 2.24) is 19.6 Å². The molecule has 1 fully saturated rings. The quantitative estimate of drug-likeness (QED) is 0.168. The molecular weight excluding hydrogens is 783 g/mol. The van der Waals surface area contributed by atoms with E-state index in [1.54, 1.807) is 41.2 Å². The fourth-order valence-corrected chi connectivity index (χ4v) is 7.51. The number of hydrogen-bond donors (Lipinski definition) is 1. The van der Waals surface area contributed by atoms with Crippen LogP contribution in [0.1, 0.15) is 23.9 Å². The molecule has 0 aliphatic carbocycles. The molecule has 0 bridgehead atoms. The third-order valence-electron chi connectivity index (χ3n) is 9.85. The van der Waals surface area contributed by atoms with E-state index in [2.05, 4.69) is 92.1 Å². The number of ether oxygens (including phenoxy) is 1. The van der Waals surface area contributed by atoms with Gasteiger partial charge in [-0.05, 0) is 80.6 Å². The fraction of sp³-hybridized carbons (Fsp3) is 0.143. The molecule has 3 aliphatic heterocycles. The van der Waals surface area contributed by atoms with Gasteiger partial charge in [-0.25, -0.2) is 4.98 Å². The van der Waals surface area contributed by atoms with Gasteiger partial charge in [0, 0.05) is 101 Å². The van der Waals surface area contributed by atoms with Crippen molar-refractivity contribution in [2.75, 3.05) is 41.4 Å². The molecule has 0 saturated carbocycles. The minimum Gasteiger partial charge on any atom is -0.378 e. The predicted octanol–water partition coefficient (Wildman–Crippen LogP) is 9.89. The maximum absolute atomic E-state index is 12.1. The van der Waals surface area contributed by atoms with Gasteiger partial charge >= 0.3 is 0 Å². The standard InChI is InChI=1S/C17H16N2O.C16H13N3O2S.C16H18N2O/c1-12-9-10-15(17-13(2)18-20-14(17)3)11-19(12)16-7-5-4-6-8-16;1-11(20)18-13-3-2-4-14(9-13)19-10-12(5-6-15(19)21)16-17-7-8-22-16;1-14-7-8-16(17-9-11-19-12-10-17)13-18(14)15-5-3-2-4-6-15/h4-11H,1H2,2-3H3;2-10H,1H3,(H,18,20);2-8,13H,1,9-12H2. The fourth-order valence-electron chi connectivity index (χ4n) is 6.88. The van der Waals surface area contributed by atoms with Crippen molar-refractivity contribution in [3.05, 3.63) is 209 Å². The van der Waals surface area contributed by atoms with Crippen LogP contribution in [0, 0.1) is 13.8 Å². The topological polar surface area (TPSA) is 109 Å². The molecule has 1 N–H and O–H groups in total. The molecule has 6 heterocycles. The number of amides is 1. The summed E-state index contributed by atoms with van der Waals surface area (Å²) in [7, 11) is 0. The molecule has 3 aromatic heterocycles. The highest BCUT2D eigenvalue weighted by Crippen LogP contribution is 2.32. The highest BCUT2D eigenvalue weighted by molar-refractivity contribution is 7.13. The lowest BCUT2D eigenvalue weighted by Crippen LogP contribution is -2.36. The zero-order valence-corrected chi connectivity index (χ0v) is 35.2. The summed E-state index contributed by atoms with van der Waals surface area (Å²) >= 11 is 1.51. The molecule has 0 atom stereocenters. The number of nitrogens with one attached hydrogen (secondary N) is 1. The number of carbonyl (C=O) groups excluding carboxylic acids is 1. The molecule has 0 radical (unpaired) electrons. The molecule has 61 heavy (non-hydrogen) atoms. The lowest BCUT2D eigenvalue weighted by molar-refractivity contribution is -0.114. The normalized spacial score (nSPS) is 14.6. The molecule has 6 aromatic rings. The summed E-state index contributed by atoms with van der Waals surface area (Å²) in [6, 6.07) is 30.9. The van der Waals surface area contributed by atoms with Gasteiger partial charge in [-0.2, -0.15) is 0 Å². The summed E-state index contributed by atoms with van der Waals surface area (Å²) in [5, 5.41) is 9.47. The Morgan fingerprint density at radius 3 is 2.07 bits per heavy atom. The predicted molar refractivity (Wildman–Crippen MR) is 246 cm³/mol. The van der Waals surface area contributed by atoms with E-state index in [0.29, 0.717) is 11.4 Å². The first-order valence-corrected chi connectivity index (χ1v) is 20.7. The average molecular weight is 830 g/mol. The molecule has 3 aliphatic rings. The number of nitrogens with zero attached hydrogens (tertiary/aromatic N) is 6. The number of aryl methyl sites for hydroxylation is 2. The van der Waals surface area contributed by atoms with Gasteiger partial charge in [0.1, 0.15) is 10.8 Å². The van der Waals surface area contributed by atoms with E-state index in [9.17, 15) is 9.59 Å². The van der Waals surface area contributed by atoms with E-state index in [0.717, 1.165) is 82.2 Å². The highest BCUT2D eigenvalue weighted by atomic mass is 32.1. The van der Waals surface area contributed by atoms with Gasteiger partial charge in [-0.1, -0.05) is 66.9 Å². The summed E-state index contributed by atoms with van der Waals surface area (Å²) in [6.07, 6.45) is 16.0. The van der Waals surface area contributed by atoms with Crippen molar-refractivity contribution < 1.29 is 14.1 Å². The van der Waals surface area contributed by atoms with E-state index < -0.39 is 0 Å². The number of pyridine rings is 1. The Morgan fingerprint density at radius 2 is 1.44 bits per heavy atom. The SMILES string of the molecule is C=C1C=CC(N2CCOCC2)=CN1c1ccccc1.C=C1C=CC(c2c(C)noc2C)=CN1c1ccccc1.CC(=O)Nc1cccc(-n2cc(-c3nccs3)ccc2=O)c1. The van der Waals surface area contributed by atoms with Crippen LogP contribution in [0.15, 0.2) is 191 Å². The number of thiazole rings is 1. The maximum atomic E-state index is 12.1. The van der Waals surface area contributed by atoms with Crippen LogP contribution in [0.3, 0.4) is 0 Å². The van der Waals surface area contributed by atoms with Crippen LogP contribution in [0.25, 0.3) is 21.8 Å². The largest absolute Gasteiger partial charge is 0.378 e. The van der Waals surface area contributed by atoms with Crippen LogP contribution in [0.5, 0.6) is 0 Å². The zero-order valence-electron chi connectivity index (χ0n) is 34.4. The first kappa shape index (κ1) is 41.9. The Labute approximate surface area is 359 Å². The van der Waals surface area contributed by atoms with E-state index in [1.807, 2.05) is 73.8 Å². The lowest BCUT2D eigenvalue weighted by atomic mass is 10.0. The van der Waals surface area contributed by atoms with Crippen LogP contribution in [0.2, 0.25) is 0 Å². The number of morpholine rings is 1. The number of rotatable bonds is 7. The third kappa shape index (κ3) is 10.5. The number of benzene rings is 3. The Balaban J connectivity index is 0.000000138. The van der Waals surface area contributed by atoms with E-state index in [4.69, 9.17) is 9.26 Å². The summed E-state index contributed by atoms with van der Waals surface area (Å²) < 4.78 is 12.2. The van der Waals surface area contributed by atoms with E-state index >= 15 is 0 Å². The molecule has 308 valence electrons. The number of allylic oxidation sites excluding steroid dienone is 5. The average Bonchev–Trinajstić information content (AvgIpc) is 3.95. The maximum Gasteiger partial charge on any atom is 0.255 e. The Hall–Kier alpha value is -7.28. The van der Waals surface area contributed by atoms with Crippen molar-refractivity contribution >= 4 is 39.9 Å². The van der Waals surface area contributed by atoms with Gasteiger partial charge in [0.15, 0.2) is 0 Å². The van der Waals surface area contributed by atoms with Crippen molar-refractivity contribution in [2.24, 2.45) is 0 Å². The summed E-state index contributed by atoms with van der Waals surface area (Å²) in [5.74, 6) is 0.681. The Kier molecular flexibility index (Phi) is 13.5. The third-order valence-corrected chi connectivity index (χ3v) is 10.7. The highest BCUT2D eigenvalue weighted by Gasteiger charge is 2.19. The molecule has 12 heteroatoms. The molecule has 9 rings (SSSR count). The molecular formula is C49H47N7O4S. The van der Waals surface area contributed by atoms with Gasteiger partial charge in [0.25, 0.3) is 5.56 Å².